The van der Waals surface area contributed by atoms with Gasteiger partial charge in [0.15, 0.2) is 11.6 Å². The Hall–Kier alpha value is -4.66. The molecule has 0 bridgehead atoms. The largest absolute Gasteiger partial charge is 0.382 e. The predicted molar refractivity (Wildman–Crippen MR) is 134 cm³/mol. The summed E-state index contributed by atoms with van der Waals surface area (Å²) in [5.41, 5.74) is 6.08. The van der Waals surface area contributed by atoms with Crippen molar-refractivity contribution in [2.45, 2.75) is 19.9 Å². The van der Waals surface area contributed by atoms with E-state index in [0.717, 1.165) is 22.5 Å². The van der Waals surface area contributed by atoms with Crippen LogP contribution in [0.5, 0.6) is 0 Å². The SMILES string of the molecule is CC(C)Nc1cncc(-c2cc(F)c3n[nH]c(-c4nc5c(-c6ccccn6)nccc5[nH]4)c3c2)c1. The fraction of sp³-hybridized carbons (Fsp3) is 0.115. The maximum Gasteiger partial charge on any atom is 0.157 e. The molecule has 0 radical (unpaired) electrons. The van der Waals surface area contributed by atoms with Crippen LogP contribution in [0.25, 0.3) is 56.0 Å². The first kappa shape index (κ1) is 20.9. The molecule has 0 saturated heterocycles. The van der Waals surface area contributed by atoms with E-state index in [0.29, 0.717) is 33.7 Å². The third kappa shape index (κ3) is 3.76. The number of rotatable bonds is 5. The summed E-state index contributed by atoms with van der Waals surface area (Å²) in [6.07, 6.45) is 6.90. The minimum atomic E-state index is -0.422. The zero-order valence-electron chi connectivity index (χ0n) is 19.0. The molecule has 0 aliphatic rings. The molecular weight excluding hydrogens is 443 g/mol. The lowest BCUT2D eigenvalue weighted by atomic mass is 10.0. The van der Waals surface area contributed by atoms with Crippen LogP contribution in [0.4, 0.5) is 10.1 Å². The summed E-state index contributed by atoms with van der Waals surface area (Å²) in [6.45, 7) is 4.11. The summed E-state index contributed by atoms with van der Waals surface area (Å²) in [4.78, 5) is 21.3. The Bertz CT molecular complexity index is 1670. The molecule has 5 aromatic heterocycles. The van der Waals surface area contributed by atoms with Crippen LogP contribution in [0.15, 0.2) is 67.3 Å². The molecule has 35 heavy (non-hydrogen) atoms. The Balaban J connectivity index is 1.48. The van der Waals surface area contributed by atoms with Gasteiger partial charge in [-0.2, -0.15) is 5.10 Å². The Morgan fingerprint density at radius 3 is 2.69 bits per heavy atom. The number of anilines is 1. The van der Waals surface area contributed by atoms with Gasteiger partial charge in [0, 0.05) is 41.8 Å². The molecule has 0 unspecified atom stereocenters. The second-order valence-electron chi connectivity index (χ2n) is 8.57. The number of fused-ring (bicyclic) bond motifs is 2. The molecule has 3 N–H and O–H groups in total. The number of aromatic amines is 2. The molecule has 8 nitrogen and oxygen atoms in total. The molecule has 0 atom stereocenters. The van der Waals surface area contributed by atoms with Gasteiger partial charge in [-0.05, 0) is 55.8 Å². The monoisotopic (exact) mass is 464 g/mol. The van der Waals surface area contributed by atoms with Gasteiger partial charge in [-0.25, -0.2) is 9.37 Å². The van der Waals surface area contributed by atoms with Crippen LogP contribution in [0.3, 0.4) is 0 Å². The number of hydrogen-bond donors (Lipinski definition) is 3. The van der Waals surface area contributed by atoms with Gasteiger partial charge in [-0.15, -0.1) is 0 Å². The van der Waals surface area contributed by atoms with Crippen LogP contribution in [-0.4, -0.2) is 41.2 Å². The van der Waals surface area contributed by atoms with E-state index in [4.69, 9.17) is 4.98 Å². The smallest absolute Gasteiger partial charge is 0.157 e. The topological polar surface area (TPSA) is 108 Å². The fourth-order valence-electron chi connectivity index (χ4n) is 4.18. The molecule has 1 aromatic carbocycles. The van der Waals surface area contributed by atoms with E-state index in [1.807, 2.05) is 36.4 Å². The maximum absolute atomic E-state index is 15.1. The first-order valence-corrected chi connectivity index (χ1v) is 11.2. The molecule has 0 amide bonds. The standard InChI is InChI=1S/C26H21FN8/c1-14(2)31-17-9-16(12-28-13-17)15-10-18-22(19(27)11-15)34-35-23(18)26-32-21-6-8-30-24(25(21)33-26)20-5-3-4-7-29-20/h3-14,31H,1-2H3,(H,32,33)(H,34,35). The van der Waals surface area contributed by atoms with Gasteiger partial charge in [-0.1, -0.05) is 6.07 Å². The van der Waals surface area contributed by atoms with Crippen molar-refractivity contribution in [1.82, 2.24) is 35.1 Å². The van der Waals surface area contributed by atoms with E-state index in [9.17, 15) is 0 Å². The van der Waals surface area contributed by atoms with Gasteiger partial charge < -0.3 is 10.3 Å². The molecule has 6 rings (SSSR count). The first-order chi connectivity index (χ1) is 17.1. The van der Waals surface area contributed by atoms with Crippen molar-refractivity contribution in [3.63, 3.8) is 0 Å². The van der Waals surface area contributed by atoms with Gasteiger partial charge in [0.1, 0.15) is 22.4 Å². The lowest BCUT2D eigenvalue weighted by Gasteiger charge is -2.11. The minimum absolute atomic E-state index is 0.247. The molecular formula is C26H21FN8. The highest BCUT2D eigenvalue weighted by molar-refractivity contribution is 5.97. The number of halogens is 1. The summed E-state index contributed by atoms with van der Waals surface area (Å²) >= 11 is 0. The van der Waals surface area contributed by atoms with Crippen LogP contribution in [0, 0.1) is 5.82 Å². The number of hydrogen-bond acceptors (Lipinski definition) is 6. The predicted octanol–water partition coefficient (Wildman–Crippen LogP) is 5.58. The highest BCUT2D eigenvalue weighted by atomic mass is 19.1. The molecule has 0 saturated carbocycles. The highest BCUT2D eigenvalue weighted by Gasteiger charge is 2.18. The van der Waals surface area contributed by atoms with E-state index in [1.165, 1.54) is 6.07 Å². The van der Waals surface area contributed by atoms with Crippen molar-refractivity contribution in [3.05, 3.63) is 73.1 Å². The number of pyridine rings is 3. The first-order valence-electron chi connectivity index (χ1n) is 11.2. The molecule has 0 aliphatic carbocycles. The van der Waals surface area contributed by atoms with E-state index in [1.54, 1.807) is 24.8 Å². The molecule has 6 aromatic rings. The van der Waals surface area contributed by atoms with Crippen LogP contribution in [0.2, 0.25) is 0 Å². The second-order valence-corrected chi connectivity index (χ2v) is 8.57. The third-order valence-corrected chi connectivity index (χ3v) is 5.68. The number of nitrogens with one attached hydrogen (secondary N) is 3. The Labute approximate surface area is 199 Å². The van der Waals surface area contributed by atoms with E-state index >= 15 is 4.39 Å². The van der Waals surface area contributed by atoms with E-state index < -0.39 is 5.82 Å². The minimum Gasteiger partial charge on any atom is -0.382 e. The van der Waals surface area contributed by atoms with Crippen LogP contribution in [0.1, 0.15) is 13.8 Å². The fourth-order valence-corrected chi connectivity index (χ4v) is 4.18. The van der Waals surface area contributed by atoms with Gasteiger partial charge >= 0.3 is 0 Å². The number of nitrogens with zero attached hydrogens (tertiary/aromatic N) is 5. The van der Waals surface area contributed by atoms with E-state index in [-0.39, 0.29) is 11.6 Å². The van der Waals surface area contributed by atoms with Crippen molar-refractivity contribution >= 4 is 27.6 Å². The summed E-state index contributed by atoms with van der Waals surface area (Å²) in [6, 6.07) is 13.1. The zero-order chi connectivity index (χ0) is 23.9. The Morgan fingerprint density at radius 2 is 1.86 bits per heavy atom. The number of aromatic nitrogens is 7. The van der Waals surface area contributed by atoms with Crippen molar-refractivity contribution in [2.24, 2.45) is 0 Å². The molecule has 172 valence electrons. The summed E-state index contributed by atoms with van der Waals surface area (Å²) in [5.74, 6) is 0.117. The van der Waals surface area contributed by atoms with Crippen LogP contribution in [-0.2, 0) is 0 Å². The molecule has 0 aliphatic heterocycles. The van der Waals surface area contributed by atoms with Crippen LogP contribution < -0.4 is 5.32 Å². The van der Waals surface area contributed by atoms with E-state index in [2.05, 4.69) is 49.3 Å². The molecule has 9 heteroatoms. The quantitative estimate of drug-likeness (QED) is 0.307. The average Bonchev–Trinajstić information content (AvgIpc) is 3.48. The van der Waals surface area contributed by atoms with Gasteiger partial charge in [0.05, 0.1) is 16.9 Å². The molecule has 0 spiro atoms. The Kier molecular flexibility index (Phi) is 4.95. The normalized spacial score (nSPS) is 11.5. The van der Waals surface area contributed by atoms with Crippen molar-refractivity contribution in [2.75, 3.05) is 5.32 Å². The highest BCUT2D eigenvalue weighted by Crippen LogP contribution is 2.33. The molecule has 5 heterocycles. The number of imidazole rings is 1. The van der Waals surface area contributed by atoms with Gasteiger partial charge in [-0.3, -0.25) is 20.1 Å². The van der Waals surface area contributed by atoms with Crippen molar-refractivity contribution in [1.29, 1.82) is 0 Å². The van der Waals surface area contributed by atoms with Crippen molar-refractivity contribution < 1.29 is 4.39 Å². The maximum atomic E-state index is 15.1. The summed E-state index contributed by atoms with van der Waals surface area (Å²) < 4.78 is 15.1. The van der Waals surface area contributed by atoms with Gasteiger partial charge in [0.25, 0.3) is 0 Å². The summed E-state index contributed by atoms with van der Waals surface area (Å²) in [5, 5.41) is 11.1. The van der Waals surface area contributed by atoms with Crippen LogP contribution >= 0.6 is 0 Å². The summed E-state index contributed by atoms with van der Waals surface area (Å²) in [7, 11) is 0. The lowest BCUT2D eigenvalue weighted by Crippen LogP contribution is -2.09. The number of benzene rings is 1. The van der Waals surface area contributed by atoms with Crippen molar-refractivity contribution in [3.8, 4) is 34.0 Å². The molecule has 0 fully saturated rings. The zero-order valence-corrected chi connectivity index (χ0v) is 19.0. The average molecular weight is 465 g/mol. The second kappa shape index (κ2) is 8.28. The van der Waals surface area contributed by atoms with Gasteiger partial charge in [0.2, 0.25) is 0 Å². The Morgan fingerprint density at radius 1 is 0.943 bits per heavy atom. The third-order valence-electron chi connectivity index (χ3n) is 5.68. The lowest BCUT2D eigenvalue weighted by molar-refractivity contribution is 0.636. The number of H-pyrrole nitrogens is 2.